The maximum Gasteiger partial charge on any atom is 0.142 e. The first kappa shape index (κ1) is 11.9. The molecule has 0 amide bonds. The Morgan fingerprint density at radius 2 is 2.24 bits per heavy atom. The van der Waals surface area contributed by atoms with E-state index < -0.39 is 0 Å². The van der Waals surface area contributed by atoms with Crippen molar-refractivity contribution in [2.45, 2.75) is 13.8 Å². The van der Waals surface area contributed by atoms with E-state index in [4.69, 9.17) is 10.5 Å². The lowest BCUT2D eigenvalue weighted by molar-refractivity contribution is 0.272. The smallest absolute Gasteiger partial charge is 0.142 e. The van der Waals surface area contributed by atoms with Gasteiger partial charge in [0.2, 0.25) is 0 Å². The maximum absolute atomic E-state index is 5.97. The zero-order valence-electron chi connectivity index (χ0n) is 10.0. The molecule has 1 aromatic heterocycles. The van der Waals surface area contributed by atoms with Crippen LogP contribution < -0.4 is 10.5 Å². The van der Waals surface area contributed by atoms with Crippen molar-refractivity contribution in [3.8, 4) is 16.3 Å². The average molecular weight is 248 g/mol. The lowest BCUT2D eigenvalue weighted by atomic mass is 10.2. The van der Waals surface area contributed by atoms with E-state index >= 15 is 0 Å². The normalized spacial score (nSPS) is 10.8. The molecule has 3 nitrogen and oxygen atoms in total. The van der Waals surface area contributed by atoms with Crippen molar-refractivity contribution >= 4 is 17.0 Å². The number of nitrogen functional groups attached to an aromatic ring is 1. The molecule has 0 atom stereocenters. The van der Waals surface area contributed by atoms with Gasteiger partial charge in [0.25, 0.3) is 0 Å². The molecular weight excluding hydrogens is 232 g/mol. The third kappa shape index (κ3) is 2.97. The first-order chi connectivity index (χ1) is 8.16. The molecule has 90 valence electrons. The molecule has 17 heavy (non-hydrogen) atoms. The summed E-state index contributed by atoms with van der Waals surface area (Å²) in [6.07, 6.45) is 1.79. The van der Waals surface area contributed by atoms with Crippen LogP contribution >= 0.6 is 11.3 Å². The molecule has 0 saturated heterocycles. The van der Waals surface area contributed by atoms with Crippen molar-refractivity contribution in [2.24, 2.45) is 5.92 Å². The van der Waals surface area contributed by atoms with Gasteiger partial charge in [-0.05, 0) is 24.1 Å². The third-order valence-corrected chi connectivity index (χ3v) is 3.08. The summed E-state index contributed by atoms with van der Waals surface area (Å²) in [4.78, 5) is 4.25. The molecule has 2 aromatic rings. The number of aromatic nitrogens is 1. The quantitative estimate of drug-likeness (QED) is 0.843. The van der Waals surface area contributed by atoms with Crippen LogP contribution in [0, 0.1) is 5.92 Å². The van der Waals surface area contributed by atoms with Gasteiger partial charge >= 0.3 is 0 Å². The Bertz CT molecular complexity index is 480. The van der Waals surface area contributed by atoms with Crippen LogP contribution in [-0.4, -0.2) is 11.6 Å². The molecule has 0 bridgehead atoms. The number of hydrogen-bond donors (Lipinski definition) is 1. The monoisotopic (exact) mass is 248 g/mol. The van der Waals surface area contributed by atoms with Crippen LogP contribution in [0.4, 0.5) is 5.69 Å². The van der Waals surface area contributed by atoms with Gasteiger partial charge in [0.1, 0.15) is 10.8 Å². The molecule has 0 aliphatic carbocycles. The van der Waals surface area contributed by atoms with Crippen LogP contribution in [0.25, 0.3) is 10.6 Å². The number of rotatable bonds is 4. The van der Waals surface area contributed by atoms with Crippen LogP contribution in [0.1, 0.15) is 13.8 Å². The molecule has 0 saturated carbocycles. The van der Waals surface area contributed by atoms with E-state index in [1.807, 2.05) is 23.6 Å². The molecule has 2 N–H and O–H groups in total. The number of hydrogen-bond acceptors (Lipinski definition) is 4. The minimum Gasteiger partial charge on any atom is -0.491 e. The van der Waals surface area contributed by atoms with Crippen LogP contribution in [0.2, 0.25) is 0 Å². The molecule has 1 aromatic carbocycles. The van der Waals surface area contributed by atoms with E-state index in [1.54, 1.807) is 17.5 Å². The SMILES string of the molecule is CC(C)COc1ccc(-c2nccs2)cc1N. The molecule has 0 spiro atoms. The maximum atomic E-state index is 5.97. The number of thiazole rings is 1. The summed E-state index contributed by atoms with van der Waals surface area (Å²) in [5.41, 5.74) is 7.67. The van der Waals surface area contributed by atoms with Gasteiger partial charge in [-0.1, -0.05) is 13.8 Å². The summed E-state index contributed by atoms with van der Waals surface area (Å²) in [6.45, 7) is 4.90. The fourth-order valence-electron chi connectivity index (χ4n) is 1.44. The third-order valence-electron chi connectivity index (χ3n) is 2.26. The molecule has 0 unspecified atom stereocenters. The van der Waals surface area contributed by atoms with Gasteiger partial charge in [0.05, 0.1) is 12.3 Å². The highest BCUT2D eigenvalue weighted by molar-refractivity contribution is 7.13. The minimum atomic E-state index is 0.494. The number of nitrogens with two attached hydrogens (primary N) is 1. The van der Waals surface area contributed by atoms with Gasteiger partial charge < -0.3 is 10.5 Å². The molecule has 0 fully saturated rings. The second-order valence-corrected chi connectivity index (χ2v) is 5.19. The fraction of sp³-hybridized carbons (Fsp3) is 0.308. The van der Waals surface area contributed by atoms with E-state index in [-0.39, 0.29) is 0 Å². The van der Waals surface area contributed by atoms with Gasteiger partial charge in [-0.15, -0.1) is 11.3 Å². The van der Waals surface area contributed by atoms with E-state index in [0.717, 1.165) is 16.3 Å². The Labute approximate surface area is 105 Å². The summed E-state index contributed by atoms with van der Waals surface area (Å²) >= 11 is 1.60. The second-order valence-electron chi connectivity index (χ2n) is 4.29. The van der Waals surface area contributed by atoms with E-state index in [9.17, 15) is 0 Å². The first-order valence-corrected chi connectivity index (χ1v) is 6.47. The molecule has 4 heteroatoms. The summed E-state index contributed by atoms with van der Waals surface area (Å²) in [6, 6.07) is 5.81. The Hall–Kier alpha value is -1.55. The van der Waals surface area contributed by atoms with Crippen LogP contribution in [0.3, 0.4) is 0 Å². The molecule has 1 heterocycles. The Balaban J connectivity index is 2.17. The van der Waals surface area contributed by atoms with E-state index in [0.29, 0.717) is 18.2 Å². The highest BCUT2D eigenvalue weighted by Crippen LogP contribution is 2.29. The average Bonchev–Trinajstić information content (AvgIpc) is 2.80. The van der Waals surface area contributed by atoms with Gasteiger partial charge in [0, 0.05) is 17.1 Å². The zero-order valence-corrected chi connectivity index (χ0v) is 10.8. The topological polar surface area (TPSA) is 48.1 Å². The lowest BCUT2D eigenvalue weighted by Crippen LogP contribution is -2.06. The minimum absolute atomic E-state index is 0.494. The van der Waals surface area contributed by atoms with Crippen molar-refractivity contribution in [1.82, 2.24) is 4.98 Å². The Morgan fingerprint density at radius 1 is 1.41 bits per heavy atom. The highest BCUT2D eigenvalue weighted by atomic mass is 32.1. The van der Waals surface area contributed by atoms with Gasteiger partial charge in [-0.25, -0.2) is 4.98 Å². The van der Waals surface area contributed by atoms with Crippen molar-refractivity contribution in [1.29, 1.82) is 0 Å². The van der Waals surface area contributed by atoms with E-state index in [2.05, 4.69) is 18.8 Å². The molecule has 0 aliphatic heterocycles. The van der Waals surface area contributed by atoms with Crippen molar-refractivity contribution in [3.05, 3.63) is 29.8 Å². The molecular formula is C13H16N2OS. The zero-order chi connectivity index (χ0) is 12.3. The van der Waals surface area contributed by atoms with Crippen LogP contribution in [-0.2, 0) is 0 Å². The summed E-state index contributed by atoms with van der Waals surface area (Å²) < 4.78 is 5.63. The van der Waals surface area contributed by atoms with E-state index in [1.165, 1.54) is 0 Å². The number of benzene rings is 1. The predicted octanol–water partition coefficient (Wildman–Crippen LogP) is 3.43. The molecule has 2 rings (SSSR count). The second kappa shape index (κ2) is 5.19. The van der Waals surface area contributed by atoms with Crippen LogP contribution in [0.15, 0.2) is 29.8 Å². The van der Waals surface area contributed by atoms with Crippen molar-refractivity contribution in [3.63, 3.8) is 0 Å². The van der Waals surface area contributed by atoms with Gasteiger partial charge in [-0.2, -0.15) is 0 Å². The van der Waals surface area contributed by atoms with Crippen molar-refractivity contribution < 1.29 is 4.74 Å². The Kier molecular flexibility index (Phi) is 3.64. The number of nitrogens with zero attached hydrogens (tertiary/aromatic N) is 1. The highest BCUT2D eigenvalue weighted by Gasteiger charge is 2.06. The molecule has 0 radical (unpaired) electrons. The largest absolute Gasteiger partial charge is 0.491 e. The number of anilines is 1. The van der Waals surface area contributed by atoms with Gasteiger partial charge in [-0.3, -0.25) is 0 Å². The summed E-state index contributed by atoms with van der Waals surface area (Å²) in [5.74, 6) is 1.24. The fourth-order valence-corrected chi connectivity index (χ4v) is 2.07. The predicted molar refractivity (Wildman–Crippen MR) is 72.3 cm³/mol. The lowest BCUT2D eigenvalue weighted by Gasteiger charge is -2.11. The van der Waals surface area contributed by atoms with Crippen molar-refractivity contribution in [2.75, 3.05) is 12.3 Å². The summed E-state index contributed by atoms with van der Waals surface area (Å²) in [7, 11) is 0. The van der Waals surface area contributed by atoms with Gasteiger partial charge in [0.15, 0.2) is 0 Å². The first-order valence-electron chi connectivity index (χ1n) is 5.59. The Morgan fingerprint density at radius 3 is 2.82 bits per heavy atom. The van der Waals surface area contributed by atoms with Crippen LogP contribution in [0.5, 0.6) is 5.75 Å². The molecule has 0 aliphatic rings. The summed E-state index contributed by atoms with van der Waals surface area (Å²) in [5, 5.41) is 2.93. The standard InChI is InChI=1S/C13H16N2OS/c1-9(2)8-16-12-4-3-10(7-11(12)14)13-15-5-6-17-13/h3-7,9H,8,14H2,1-2H3. The number of ether oxygens (including phenoxy) is 1.